The monoisotopic (exact) mass is 436 g/mol. The molecular weight excluding hydrogens is 410 g/mol. The first-order valence-corrected chi connectivity index (χ1v) is 8.81. The Balaban J connectivity index is 0. The van der Waals surface area contributed by atoms with Crippen LogP contribution in [0.2, 0.25) is 0 Å². The highest BCUT2D eigenvalue weighted by Gasteiger charge is 2.21. The molecule has 2 heterocycles. The first kappa shape index (κ1) is 25.7. The number of carbonyl (C=O) groups excluding carboxylic acids is 2. The third-order valence-electron chi connectivity index (χ3n) is 3.23. The van der Waals surface area contributed by atoms with Gasteiger partial charge in [-0.3, -0.25) is 14.5 Å². The van der Waals surface area contributed by atoms with Crippen LogP contribution in [0.15, 0.2) is 0 Å². The fourth-order valence-corrected chi connectivity index (χ4v) is 2.36. The van der Waals surface area contributed by atoms with Crippen LogP contribution < -0.4 is 16.8 Å². The summed E-state index contributed by atoms with van der Waals surface area (Å²) in [5, 5.41) is 3.57. The molecule has 0 aromatic carbocycles. The Labute approximate surface area is 156 Å². The van der Waals surface area contributed by atoms with Crippen LogP contribution in [0.4, 0.5) is 8.78 Å². The molecule has 6 nitrogen and oxygen atoms in total. The number of nitrogens with two attached hydrogens (primary N) is 2. The molecule has 2 aliphatic rings. The molecule has 0 bridgehead atoms. The highest BCUT2D eigenvalue weighted by atomic mass is 79.9. The van der Waals surface area contributed by atoms with Gasteiger partial charge in [0.15, 0.2) is 0 Å². The molecule has 2 amide bonds. The Morgan fingerprint density at radius 3 is 2.00 bits per heavy atom. The van der Waals surface area contributed by atoms with Gasteiger partial charge in [0.05, 0.1) is 0 Å². The highest BCUT2D eigenvalue weighted by Crippen LogP contribution is 2.11. The molecular formula is C14H28BrClF2N4O2. The minimum absolute atomic E-state index is 0. The van der Waals surface area contributed by atoms with E-state index in [2.05, 4.69) is 21.2 Å². The first-order chi connectivity index (χ1) is 10.8. The number of hydrogen-bond acceptors (Lipinski definition) is 4. The fourth-order valence-electron chi connectivity index (χ4n) is 1.97. The van der Waals surface area contributed by atoms with Crippen LogP contribution in [0.3, 0.4) is 0 Å². The topological polar surface area (TPSA) is 101 Å². The number of hydrogen-bond donors (Lipinski definition) is 3. The quantitative estimate of drug-likeness (QED) is 0.556. The number of halogens is 4. The SMILES string of the molecule is Cl.F[C@@H]1CCNC1.NC(=O)CCBr.NC(=O)CCN1CC[C@@H](F)C1. The summed E-state index contributed by atoms with van der Waals surface area (Å²) in [5.41, 5.74) is 9.68. The molecule has 24 heavy (non-hydrogen) atoms. The van der Waals surface area contributed by atoms with Crippen molar-refractivity contribution < 1.29 is 18.4 Å². The summed E-state index contributed by atoms with van der Waals surface area (Å²) in [6.07, 6.45) is 0.804. The van der Waals surface area contributed by atoms with Crippen molar-refractivity contribution in [3.8, 4) is 0 Å². The molecule has 5 N–H and O–H groups in total. The van der Waals surface area contributed by atoms with Crippen molar-refractivity contribution in [1.29, 1.82) is 0 Å². The lowest BCUT2D eigenvalue weighted by atomic mass is 10.3. The van der Waals surface area contributed by atoms with E-state index < -0.39 is 12.3 Å². The maximum absolute atomic E-state index is 12.5. The number of nitrogens with zero attached hydrogens (tertiary/aromatic N) is 1. The molecule has 144 valence electrons. The molecule has 0 aromatic rings. The van der Waals surface area contributed by atoms with Crippen molar-refractivity contribution in [3.05, 3.63) is 0 Å². The van der Waals surface area contributed by atoms with Crippen LogP contribution in [0.25, 0.3) is 0 Å². The summed E-state index contributed by atoms with van der Waals surface area (Å²) in [4.78, 5) is 22.1. The van der Waals surface area contributed by atoms with E-state index in [1.807, 2.05) is 4.90 Å². The van der Waals surface area contributed by atoms with E-state index in [4.69, 9.17) is 11.5 Å². The Hall–Kier alpha value is -0.510. The van der Waals surface area contributed by atoms with Gasteiger partial charge in [-0.15, -0.1) is 12.4 Å². The van der Waals surface area contributed by atoms with Gasteiger partial charge in [0.1, 0.15) is 12.3 Å². The average molecular weight is 438 g/mol. The first-order valence-electron chi connectivity index (χ1n) is 7.69. The van der Waals surface area contributed by atoms with Gasteiger partial charge in [-0.25, -0.2) is 8.78 Å². The zero-order valence-electron chi connectivity index (χ0n) is 13.7. The molecule has 2 aliphatic heterocycles. The molecule has 2 rings (SSSR count). The lowest BCUT2D eigenvalue weighted by molar-refractivity contribution is -0.118. The van der Waals surface area contributed by atoms with E-state index in [0.717, 1.165) is 13.1 Å². The van der Waals surface area contributed by atoms with Gasteiger partial charge in [0.2, 0.25) is 11.8 Å². The van der Waals surface area contributed by atoms with Crippen LogP contribution in [0.1, 0.15) is 25.7 Å². The molecule has 2 fully saturated rings. The summed E-state index contributed by atoms with van der Waals surface area (Å²) in [6.45, 7) is 3.26. The number of amides is 2. The van der Waals surface area contributed by atoms with Gasteiger partial charge >= 0.3 is 0 Å². The van der Waals surface area contributed by atoms with Gasteiger partial charge in [-0.2, -0.15) is 0 Å². The van der Waals surface area contributed by atoms with Crippen LogP contribution in [-0.2, 0) is 9.59 Å². The number of primary amides is 2. The van der Waals surface area contributed by atoms with E-state index in [1.165, 1.54) is 0 Å². The normalized spacial score (nSPS) is 22.5. The largest absolute Gasteiger partial charge is 0.370 e. The highest BCUT2D eigenvalue weighted by molar-refractivity contribution is 9.09. The lowest BCUT2D eigenvalue weighted by Gasteiger charge is -2.11. The lowest BCUT2D eigenvalue weighted by Crippen LogP contribution is -2.26. The number of alkyl halides is 3. The molecule has 10 heteroatoms. The zero-order chi connectivity index (χ0) is 17.7. The van der Waals surface area contributed by atoms with Crippen molar-refractivity contribution in [2.75, 3.05) is 38.1 Å². The molecule has 0 aromatic heterocycles. The Morgan fingerprint density at radius 1 is 1.12 bits per heavy atom. The van der Waals surface area contributed by atoms with Crippen LogP contribution in [-0.4, -0.2) is 67.1 Å². The maximum Gasteiger partial charge on any atom is 0.218 e. The summed E-state index contributed by atoms with van der Waals surface area (Å²) < 4.78 is 24.4. The van der Waals surface area contributed by atoms with Crippen molar-refractivity contribution in [3.63, 3.8) is 0 Å². The third-order valence-corrected chi connectivity index (χ3v) is 3.63. The molecule has 0 saturated carbocycles. The molecule has 0 spiro atoms. The fraction of sp³-hybridized carbons (Fsp3) is 0.857. The molecule has 0 aliphatic carbocycles. The predicted molar refractivity (Wildman–Crippen MR) is 97.0 cm³/mol. The second-order valence-corrected chi connectivity index (χ2v) is 6.19. The Bertz CT molecular complexity index is 351. The van der Waals surface area contributed by atoms with Gasteiger partial charge in [-0.05, 0) is 19.4 Å². The van der Waals surface area contributed by atoms with Gasteiger partial charge < -0.3 is 16.8 Å². The van der Waals surface area contributed by atoms with E-state index in [0.29, 0.717) is 50.6 Å². The minimum Gasteiger partial charge on any atom is -0.370 e. The van der Waals surface area contributed by atoms with E-state index in [1.54, 1.807) is 0 Å². The van der Waals surface area contributed by atoms with Crippen molar-refractivity contribution >= 4 is 40.2 Å². The summed E-state index contributed by atoms with van der Waals surface area (Å²) >= 11 is 3.05. The van der Waals surface area contributed by atoms with Crippen LogP contribution >= 0.6 is 28.3 Å². The van der Waals surface area contributed by atoms with Crippen molar-refractivity contribution in [1.82, 2.24) is 10.2 Å². The van der Waals surface area contributed by atoms with Gasteiger partial charge in [-0.1, -0.05) is 15.9 Å². The smallest absolute Gasteiger partial charge is 0.218 e. The standard InChI is InChI=1S/C7H13FN2O.C4H8FN.C3H6BrNO.ClH/c8-6-1-3-10(5-6)4-2-7(9)11;5-4-1-2-6-3-4;4-2-1-3(5)6;/h6H,1-5H2,(H2,9,11);4,6H,1-3H2;1-2H2,(H2,5,6);1H/t6-;4-;;/m11../s1. The van der Waals surface area contributed by atoms with Crippen molar-refractivity contribution in [2.45, 2.75) is 38.0 Å². The molecule has 0 unspecified atom stereocenters. The van der Waals surface area contributed by atoms with E-state index in [-0.39, 0.29) is 24.2 Å². The average Bonchev–Trinajstić information content (AvgIpc) is 3.09. The summed E-state index contributed by atoms with van der Waals surface area (Å²) in [6, 6.07) is 0. The predicted octanol–water partition coefficient (Wildman–Crippen LogP) is 0.902. The van der Waals surface area contributed by atoms with Crippen LogP contribution in [0.5, 0.6) is 0 Å². The van der Waals surface area contributed by atoms with E-state index in [9.17, 15) is 18.4 Å². The second kappa shape index (κ2) is 16.0. The summed E-state index contributed by atoms with van der Waals surface area (Å²) in [5.74, 6) is -0.570. The summed E-state index contributed by atoms with van der Waals surface area (Å²) in [7, 11) is 0. The van der Waals surface area contributed by atoms with Gasteiger partial charge in [0.25, 0.3) is 0 Å². The third kappa shape index (κ3) is 16.4. The Morgan fingerprint density at radius 2 is 1.75 bits per heavy atom. The second-order valence-electron chi connectivity index (χ2n) is 5.40. The van der Waals surface area contributed by atoms with Gasteiger partial charge in [0, 0.05) is 44.4 Å². The minimum atomic E-state index is -0.706. The number of rotatable bonds is 5. The Kier molecular flexibility index (Phi) is 17.1. The van der Waals surface area contributed by atoms with E-state index >= 15 is 0 Å². The molecule has 2 saturated heterocycles. The van der Waals surface area contributed by atoms with Crippen LogP contribution in [0, 0.1) is 0 Å². The molecule has 2 atom stereocenters. The number of nitrogens with one attached hydrogen (secondary N) is 1. The number of likely N-dealkylation sites (tertiary alicyclic amines) is 1. The number of carbonyl (C=O) groups is 2. The zero-order valence-corrected chi connectivity index (χ0v) is 16.1. The molecule has 0 radical (unpaired) electrons. The van der Waals surface area contributed by atoms with Crippen molar-refractivity contribution in [2.24, 2.45) is 11.5 Å². The maximum atomic E-state index is 12.5.